The number of hydrogen-bond donors (Lipinski definition) is 4. The van der Waals surface area contributed by atoms with Crippen LogP contribution in [-0.2, 0) is 12.8 Å². The van der Waals surface area contributed by atoms with Crippen LogP contribution in [0.4, 0.5) is 0 Å². The first-order valence-corrected chi connectivity index (χ1v) is 15.6. The summed E-state index contributed by atoms with van der Waals surface area (Å²) in [5, 5.41) is 7.77. The van der Waals surface area contributed by atoms with Crippen LogP contribution in [0.1, 0.15) is 97.4 Å². The first-order valence-electron chi connectivity index (χ1n) is 15.6. The molecule has 204 valence electrons. The predicted octanol–water partition coefficient (Wildman–Crippen LogP) is 6.37. The molecule has 6 heteroatoms. The molecule has 5 aliphatic rings. The van der Waals surface area contributed by atoms with Gasteiger partial charge in [-0.05, 0) is 85.5 Å². The molecule has 0 unspecified atom stereocenters. The molecule has 4 heterocycles. The van der Waals surface area contributed by atoms with Gasteiger partial charge in [0, 0.05) is 23.2 Å². The zero-order valence-electron chi connectivity index (χ0n) is 23.0. The van der Waals surface area contributed by atoms with Gasteiger partial charge in [-0.1, -0.05) is 49.2 Å². The Hall–Kier alpha value is -3.22. The second-order valence-corrected chi connectivity index (χ2v) is 13.1. The molecule has 6 atom stereocenters. The Morgan fingerprint density at radius 1 is 0.625 bits per heavy atom. The van der Waals surface area contributed by atoms with Crippen molar-refractivity contribution in [2.24, 2.45) is 11.8 Å². The summed E-state index contributed by atoms with van der Waals surface area (Å²) in [6.45, 7) is 0. The van der Waals surface area contributed by atoms with E-state index in [1.165, 1.54) is 84.7 Å². The summed E-state index contributed by atoms with van der Waals surface area (Å²) >= 11 is 0. The van der Waals surface area contributed by atoms with E-state index in [0.29, 0.717) is 24.2 Å². The number of nitrogens with one attached hydrogen (secondary N) is 4. The van der Waals surface area contributed by atoms with Gasteiger partial charge in [-0.2, -0.15) is 0 Å². The third-order valence-electron chi connectivity index (χ3n) is 10.9. The van der Waals surface area contributed by atoms with Crippen LogP contribution in [0, 0.1) is 11.8 Å². The Labute approximate surface area is 235 Å². The van der Waals surface area contributed by atoms with E-state index in [-0.39, 0.29) is 0 Å². The molecule has 3 aliphatic carbocycles. The van der Waals surface area contributed by atoms with Crippen molar-refractivity contribution in [1.29, 1.82) is 0 Å². The Morgan fingerprint density at radius 3 is 1.93 bits per heavy atom. The Morgan fingerprint density at radius 2 is 1.25 bits per heavy atom. The summed E-state index contributed by atoms with van der Waals surface area (Å²) in [7, 11) is 0. The van der Waals surface area contributed by atoms with Crippen LogP contribution in [0.15, 0.2) is 48.8 Å². The molecule has 2 saturated carbocycles. The molecule has 4 aromatic rings. The molecule has 0 amide bonds. The van der Waals surface area contributed by atoms with Crippen LogP contribution in [0.3, 0.4) is 0 Å². The number of nitrogens with zero attached hydrogens (tertiary/aromatic N) is 2. The van der Waals surface area contributed by atoms with Crippen molar-refractivity contribution in [2.45, 2.75) is 88.4 Å². The van der Waals surface area contributed by atoms with E-state index in [1.807, 2.05) is 0 Å². The zero-order valence-corrected chi connectivity index (χ0v) is 23.0. The number of aromatic amines is 2. The smallest absolute Gasteiger partial charge is 0.123 e. The molecule has 6 nitrogen and oxygen atoms in total. The lowest BCUT2D eigenvalue weighted by Gasteiger charge is -2.24. The van der Waals surface area contributed by atoms with Crippen molar-refractivity contribution in [3.8, 4) is 22.5 Å². The highest BCUT2D eigenvalue weighted by molar-refractivity contribution is 5.84. The van der Waals surface area contributed by atoms with Crippen LogP contribution in [0.25, 0.3) is 22.5 Å². The lowest BCUT2D eigenvalue weighted by molar-refractivity contribution is 0.516. The summed E-state index contributed by atoms with van der Waals surface area (Å²) in [6, 6.07) is 15.6. The molecular formula is C34H38N6. The predicted molar refractivity (Wildman–Crippen MR) is 157 cm³/mol. The quantitative estimate of drug-likeness (QED) is 0.218. The van der Waals surface area contributed by atoms with Gasteiger partial charge in [0.1, 0.15) is 11.6 Å². The topological polar surface area (TPSA) is 81.4 Å². The molecular weight excluding hydrogens is 492 g/mol. The second kappa shape index (κ2) is 9.15. The number of benzene rings is 2. The van der Waals surface area contributed by atoms with Gasteiger partial charge in [-0.25, -0.2) is 9.97 Å². The summed E-state index contributed by atoms with van der Waals surface area (Å²) in [6.07, 6.45) is 16.5. The third-order valence-corrected chi connectivity index (χ3v) is 10.9. The fourth-order valence-corrected chi connectivity index (χ4v) is 8.90. The summed E-state index contributed by atoms with van der Waals surface area (Å²) in [4.78, 5) is 17.5. The standard InChI is InChI=1S/C34H38N6/c1-2-6-20-14-25-21(13-19(20)5-1)11-12-24(30-17-35-33(39-30)28-15-22-7-3-9-26(22)37-28)32(25)31-18-36-34(40-31)29-16-23-8-4-10-27(23)38-29/h1-2,5-6,11-12,17-18,22-23,26-29,37-38H,3-4,7-10,13-16H2,(H,35,39)(H,36,40)/t22-,23-,26-,27-,28-,29-/m0/s1. The maximum atomic E-state index is 4.98. The molecule has 4 N–H and O–H groups in total. The van der Waals surface area contributed by atoms with E-state index in [9.17, 15) is 0 Å². The van der Waals surface area contributed by atoms with Gasteiger partial charge < -0.3 is 20.6 Å². The minimum absolute atomic E-state index is 0.333. The first kappa shape index (κ1) is 23.5. The number of aromatic nitrogens is 4. The second-order valence-electron chi connectivity index (χ2n) is 13.1. The van der Waals surface area contributed by atoms with Gasteiger partial charge in [-0.15, -0.1) is 0 Å². The highest BCUT2D eigenvalue weighted by Gasteiger charge is 2.39. The van der Waals surface area contributed by atoms with Crippen molar-refractivity contribution in [1.82, 2.24) is 30.6 Å². The molecule has 0 bridgehead atoms. The van der Waals surface area contributed by atoms with Crippen LogP contribution in [0.5, 0.6) is 0 Å². The average molecular weight is 531 g/mol. The minimum Gasteiger partial charge on any atom is -0.341 e. The first-order chi connectivity index (χ1) is 19.8. The molecule has 2 saturated heterocycles. The minimum atomic E-state index is 0.333. The Kier molecular flexibility index (Phi) is 5.37. The monoisotopic (exact) mass is 530 g/mol. The number of hydrogen-bond acceptors (Lipinski definition) is 4. The van der Waals surface area contributed by atoms with Crippen LogP contribution >= 0.6 is 0 Å². The van der Waals surface area contributed by atoms with Crippen LogP contribution in [0.2, 0.25) is 0 Å². The van der Waals surface area contributed by atoms with Crippen molar-refractivity contribution in [2.75, 3.05) is 0 Å². The van der Waals surface area contributed by atoms with E-state index in [0.717, 1.165) is 47.7 Å². The number of H-pyrrole nitrogens is 2. The van der Waals surface area contributed by atoms with Gasteiger partial charge >= 0.3 is 0 Å². The average Bonchev–Trinajstić information content (AvgIpc) is 3.79. The van der Waals surface area contributed by atoms with Crippen molar-refractivity contribution >= 4 is 0 Å². The third kappa shape index (κ3) is 3.76. The van der Waals surface area contributed by atoms with Gasteiger partial charge in [-0.3, -0.25) is 0 Å². The fraction of sp³-hybridized carbons (Fsp3) is 0.471. The fourth-order valence-electron chi connectivity index (χ4n) is 8.90. The number of rotatable bonds is 4. The van der Waals surface area contributed by atoms with E-state index in [1.54, 1.807) is 0 Å². The van der Waals surface area contributed by atoms with E-state index in [4.69, 9.17) is 9.97 Å². The number of fused-ring (bicyclic) bond motifs is 4. The van der Waals surface area contributed by atoms with Gasteiger partial charge in [0.05, 0.1) is 35.9 Å². The highest BCUT2D eigenvalue weighted by Crippen LogP contribution is 2.44. The maximum absolute atomic E-state index is 4.98. The largest absolute Gasteiger partial charge is 0.341 e. The van der Waals surface area contributed by atoms with E-state index in [2.05, 4.69) is 69.4 Å². The molecule has 4 fully saturated rings. The lowest BCUT2D eigenvalue weighted by atomic mass is 9.81. The summed E-state index contributed by atoms with van der Waals surface area (Å²) in [5.74, 6) is 3.80. The summed E-state index contributed by atoms with van der Waals surface area (Å²) in [5.41, 5.74) is 10.5. The lowest BCUT2D eigenvalue weighted by Crippen LogP contribution is -2.24. The van der Waals surface area contributed by atoms with Gasteiger partial charge in [0.25, 0.3) is 0 Å². The van der Waals surface area contributed by atoms with Crippen LogP contribution in [-0.4, -0.2) is 32.0 Å². The maximum Gasteiger partial charge on any atom is 0.123 e. The molecule has 0 radical (unpaired) electrons. The van der Waals surface area contributed by atoms with Crippen molar-refractivity contribution in [3.05, 3.63) is 82.7 Å². The molecule has 9 rings (SSSR count). The highest BCUT2D eigenvalue weighted by atomic mass is 15.1. The van der Waals surface area contributed by atoms with Gasteiger partial charge in [0.2, 0.25) is 0 Å². The van der Waals surface area contributed by atoms with Crippen LogP contribution < -0.4 is 10.6 Å². The Balaban J connectivity index is 1.11. The normalized spacial score (nSPS) is 30.3. The van der Waals surface area contributed by atoms with Crippen molar-refractivity contribution < 1.29 is 0 Å². The summed E-state index contributed by atoms with van der Waals surface area (Å²) < 4.78 is 0. The molecule has 2 aromatic carbocycles. The number of imidazole rings is 2. The SMILES string of the molecule is c1ccc2c(c1)Cc1ccc(-c3cnc([C@@H]4C[C@@H]5CCC[C@@H]5N4)[nH]3)c(-c3cnc([C@@H]4C[C@@H]5CCC[C@@H]5N4)[nH]3)c1C2. The molecule has 40 heavy (non-hydrogen) atoms. The molecule has 2 aliphatic heterocycles. The molecule has 0 spiro atoms. The van der Waals surface area contributed by atoms with E-state index >= 15 is 0 Å². The van der Waals surface area contributed by atoms with Gasteiger partial charge in [0.15, 0.2) is 0 Å². The Bertz CT molecular complexity index is 1560. The van der Waals surface area contributed by atoms with E-state index < -0.39 is 0 Å². The zero-order chi connectivity index (χ0) is 26.2. The van der Waals surface area contributed by atoms with Crippen molar-refractivity contribution in [3.63, 3.8) is 0 Å². The molecule has 2 aromatic heterocycles.